The fourth-order valence-electron chi connectivity index (χ4n) is 3.51. The summed E-state index contributed by atoms with van der Waals surface area (Å²) in [6.07, 6.45) is 3.85. The van der Waals surface area contributed by atoms with Gasteiger partial charge in [-0.05, 0) is 42.7 Å². The van der Waals surface area contributed by atoms with Crippen molar-refractivity contribution < 1.29 is 13.9 Å². The van der Waals surface area contributed by atoms with Crippen molar-refractivity contribution in [2.75, 3.05) is 43.0 Å². The van der Waals surface area contributed by atoms with Crippen LogP contribution in [0.25, 0.3) is 0 Å². The van der Waals surface area contributed by atoms with Gasteiger partial charge in [0.15, 0.2) is 0 Å². The molecule has 2 aromatic rings. The molecule has 0 radical (unpaired) electrons. The fourth-order valence-corrected chi connectivity index (χ4v) is 3.51. The quantitative estimate of drug-likeness (QED) is 0.899. The van der Waals surface area contributed by atoms with Gasteiger partial charge in [-0.3, -0.25) is 0 Å². The number of amides is 2. The molecule has 2 amide bonds. The molecule has 1 aromatic carbocycles. The summed E-state index contributed by atoms with van der Waals surface area (Å²) in [7, 11) is 0. The molecular formula is C20H23FN4O2. The normalized spacial score (nSPS) is 20.0. The average molecular weight is 370 g/mol. The van der Waals surface area contributed by atoms with Crippen LogP contribution in [0.3, 0.4) is 0 Å². The zero-order valence-corrected chi connectivity index (χ0v) is 15.1. The number of benzene rings is 1. The van der Waals surface area contributed by atoms with Crippen LogP contribution >= 0.6 is 0 Å². The highest BCUT2D eigenvalue weighted by Gasteiger charge is 2.25. The van der Waals surface area contributed by atoms with E-state index >= 15 is 0 Å². The van der Waals surface area contributed by atoms with E-state index < -0.39 is 0 Å². The van der Waals surface area contributed by atoms with E-state index in [1.807, 2.05) is 12.1 Å². The number of aromatic nitrogens is 1. The summed E-state index contributed by atoms with van der Waals surface area (Å²) < 4.78 is 18.8. The second-order valence-corrected chi connectivity index (χ2v) is 6.89. The summed E-state index contributed by atoms with van der Waals surface area (Å²) >= 11 is 0. The Morgan fingerprint density at radius 1 is 1.11 bits per heavy atom. The Bertz CT molecular complexity index is 776. The van der Waals surface area contributed by atoms with Crippen LogP contribution in [0.15, 0.2) is 42.6 Å². The number of hydrogen-bond donors (Lipinski definition) is 1. The van der Waals surface area contributed by atoms with E-state index in [-0.39, 0.29) is 18.0 Å². The van der Waals surface area contributed by atoms with Crippen LogP contribution in [0.2, 0.25) is 0 Å². The highest BCUT2D eigenvalue weighted by Crippen LogP contribution is 2.23. The van der Waals surface area contributed by atoms with E-state index in [2.05, 4.69) is 15.2 Å². The maximum absolute atomic E-state index is 13.1. The number of morpholine rings is 1. The minimum atomic E-state index is -0.283. The molecule has 2 fully saturated rings. The van der Waals surface area contributed by atoms with Crippen molar-refractivity contribution in [2.45, 2.75) is 18.9 Å². The van der Waals surface area contributed by atoms with E-state index in [4.69, 9.17) is 4.74 Å². The molecule has 0 aliphatic carbocycles. The van der Waals surface area contributed by atoms with Crippen LogP contribution < -0.4 is 10.2 Å². The average Bonchev–Trinajstić information content (AvgIpc) is 3.24. The zero-order valence-electron chi connectivity index (χ0n) is 15.1. The maximum atomic E-state index is 13.1. The van der Waals surface area contributed by atoms with Gasteiger partial charge in [-0.1, -0.05) is 12.1 Å². The fraction of sp³-hybridized carbons (Fsp3) is 0.400. The van der Waals surface area contributed by atoms with E-state index in [9.17, 15) is 9.18 Å². The third-order valence-corrected chi connectivity index (χ3v) is 5.02. The number of nitrogens with zero attached hydrogens (tertiary/aromatic N) is 3. The van der Waals surface area contributed by atoms with Crippen LogP contribution in [-0.2, 0) is 4.74 Å². The first-order valence-electron chi connectivity index (χ1n) is 9.33. The van der Waals surface area contributed by atoms with Crippen molar-refractivity contribution in [3.05, 3.63) is 54.0 Å². The number of halogens is 1. The topological polar surface area (TPSA) is 57.7 Å². The number of ether oxygens (including phenoxy) is 1. The minimum Gasteiger partial charge on any atom is -0.370 e. The van der Waals surface area contributed by atoms with Gasteiger partial charge in [0.1, 0.15) is 17.7 Å². The third-order valence-electron chi connectivity index (χ3n) is 5.02. The summed E-state index contributed by atoms with van der Waals surface area (Å²) in [5.74, 6) is 0.669. The third kappa shape index (κ3) is 4.19. The lowest BCUT2D eigenvalue weighted by atomic mass is 10.1. The second kappa shape index (κ2) is 7.92. The largest absolute Gasteiger partial charge is 0.370 e. The highest BCUT2D eigenvalue weighted by atomic mass is 19.1. The maximum Gasteiger partial charge on any atom is 0.322 e. The smallest absolute Gasteiger partial charge is 0.322 e. The Labute approximate surface area is 157 Å². The van der Waals surface area contributed by atoms with Crippen molar-refractivity contribution in [2.24, 2.45) is 0 Å². The molecule has 3 heterocycles. The van der Waals surface area contributed by atoms with Crippen LogP contribution in [0, 0.1) is 5.82 Å². The number of hydrogen-bond acceptors (Lipinski definition) is 4. The number of urea groups is 1. The van der Waals surface area contributed by atoms with Crippen LogP contribution in [0.5, 0.6) is 0 Å². The number of nitrogens with one attached hydrogen (secondary N) is 1. The first kappa shape index (κ1) is 17.7. The molecule has 2 aliphatic rings. The van der Waals surface area contributed by atoms with Crippen molar-refractivity contribution in [3.8, 4) is 0 Å². The molecule has 4 rings (SSSR count). The van der Waals surface area contributed by atoms with Crippen molar-refractivity contribution in [1.29, 1.82) is 0 Å². The number of carbonyl (C=O) groups excluding carboxylic acids is 1. The molecule has 0 spiro atoms. The van der Waals surface area contributed by atoms with Crippen LogP contribution in [-0.4, -0.2) is 48.7 Å². The van der Waals surface area contributed by atoms with Gasteiger partial charge in [0.25, 0.3) is 0 Å². The van der Waals surface area contributed by atoms with Gasteiger partial charge in [-0.2, -0.15) is 0 Å². The molecule has 2 aliphatic heterocycles. The zero-order chi connectivity index (χ0) is 18.6. The Kier molecular flexibility index (Phi) is 5.20. The van der Waals surface area contributed by atoms with Crippen molar-refractivity contribution in [1.82, 2.24) is 9.88 Å². The predicted octanol–water partition coefficient (Wildman–Crippen LogP) is 3.43. The molecule has 27 heavy (non-hydrogen) atoms. The van der Waals surface area contributed by atoms with Gasteiger partial charge < -0.3 is 19.9 Å². The Hall–Kier alpha value is -2.67. The second-order valence-electron chi connectivity index (χ2n) is 6.89. The monoisotopic (exact) mass is 370 g/mol. The van der Waals surface area contributed by atoms with E-state index in [0.29, 0.717) is 25.4 Å². The van der Waals surface area contributed by atoms with E-state index in [1.54, 1.807) is 23.2 Å². The lowest BCUT2D eigenvalue weighted by Gasteiger charge is -2.33. The van der Waals surface area contributed by atoms with Gasteiger partial charge in [-0.25, -0.2) is 14.2 Å². The van der Waals surface area contributed by atoms with Gasteiger partial charge in [0.2, 0.25) is 0 Å². The molecule has 2 saturated heterocycles. The molecule has 1 aromatic heterocycles. The van der Waals surface area contributed by atoms with Gasteiger partial charge in [0.05, 0.1) is 25.0 Å². The molecule has 142 valence electrons. The van der Waals surface area contributed by atoms with Crippen molar-refractivity contribution >= 4 is 17.5 Å². The molecule has 1 atom stereocenters. The SMILES string of the molecule is O=C(Nc1ccc(N2CCCC2)nc1)N1CCOC(c2ccc(F)cc2)C1. The minimum absolute atomic E-state index is 0.180. The van der Waals surface area contributed by atoms with E-state index in [1.165, 1.54) is 25.0 Å². The van der Waals surface area contributed by atoms with Gasteiger partial charge in [0, 0.05) is 19.6 Å². The number of rotatable bonds is 3. The summed E-state index contributed by atoms with van der Waals surface area (Å²) in [5, 5.41) is 2.90. The predicted molar refractivity (Wildman–Crippen MR) is 101 cm³/mol. The molecule has 7 heteroatoms. The molecular weight excluding hydrogens is 347 g/mol. The summed E-state index contributed by atoms with van der Waals surface area (Å²) in [6, 6.07) is 9.86. The number of anilines is 2. The van der Waals surface area contributed by atoms with E-state index in [0.717, 1.165) is 24.5 Å². The molecule has 0 bridgehead atoms. The van der Waals surface area contributed by atoms with Crippen molar-refractivity contribution in [3.63, 3.8) is 0 Å². The summed E-state index contributed by atoms with van der Waals surface area (Å²) in [5.41, 5.74) is 1.54. The lowest BCUT2D eigenvalue weighted by molar-refractivity contribution is -0.0135. The first-order chi connectivity index (χ1) is 13.2. The summed E-state index contributed by atoms with van der Waals surface area (Å²) in [4.78, 5) is 21.0. The highest BCUT2D eigenvalue weighted by molar-refractivity contribution is 5.89. The van der Waals surface area contributed by atoms with Gasteiger partial charge >= 0.3 is 6.03 Å². The molecule has 0 saturated carbocycles. The van der Waals surface area contributed by atoms with Crippen LogP contribution in [0.1, 0.15) is 24.5 Å². The Morgan fingerprint density at radius 3 is 2.59 bits per heavy atom. The standard InChI is InChI=1S/C20H23FN4O2/c21-16-5-3-15(4-6-16)18-14-25(11-12-27-18)20(26)23-17-7-8-19(22-13-17)24-9-1-2-10-24/h3-8,13,18H,1-2,9-12,14H2,(H,23,26). The molecule has 1 N–H and O–H groups in total. The Morgan fingerprint density at radius 2 is 1.89 bits per heavy atom. The number of pyridine rings is 1. The Balaban J connectivity index is 1.36. The molecule has 6 nitrogen and oxygen atoms in total. The first-order valence-corrected chi connectivity index (χ1v) is 9.33. The number of carbonyl (C=O) groups is 1. The van der Waals surface area contributed by atoms with Crippen LogP contribution in [0.4, 0.5) is 20.7 Å². The molecule has 1 unspecified atom stereocenters. The summed E-state index contributed by atoms with van der Waals surface area (Å²) in [6.45, 7) is 3.47. The lowest BCUT2D eigenvalue weighted by Crippen LogP contribution is -2.44. The van der Waals surface area contributed by atoms with Gasteiger partial charge in [-0.15, -0.1) is 0 Å².